The van der Waals surface area contributed by atoms with Gasteiger partial charge in [-0.25, -0.2) is 4.98 Å². The molecule has 0 aliphatic carbocycles. The Hall–Kier alpha value is -2.51. The van der Waals surface area contributed by atoms with E-state index in [4.69, 9.17) is 5.11 Å². The highest BCUT2D eigenvalue weighted by Gasteiger charge is 2.10. The second-order valence-electron chi connectivity index (χ2n) is 6.24. The van der Waals surface area contributed by atoms with Crippen LogP contribution in [0.3, 0.4) is 0 Å². The van der Waals surface area contributed by atoms with Gasteiger partial charge in [-0.15, -0.1) is 0 Å². The minimum absolute atomic E-state index is 0.124. The molecule has 1 aromatic carbocycles. The van der Waals surface area contributed by atoms with Crippen molar-refractivity contribution in [1.29, 1.82) is 0 Å². The van der Waals surface area contributed by atoms with Gasteiger partial charge in [-0.1, -0.05) is 15.9 Å². The summed E-state index contributed by atoms with van der Waals surface area (Å²) in [5.74, 6) is 1.23. The molecule has 0 aliphatic heterocycles. The van der Waals surface area contributed by atoms with E-state index in [0.29, 0.717) is 24.7 Å². The SMILES string of the molecule is Cc1cc(Br)cc(C)c1Nc1cc(-c2ccncc2)nc(NCCCO)n1. The Balaban J connectivity index is 1.97. The molecule has 0 saturated carbocycles. The van der Waals surface area contributed by atoms with Gasteiger partial charge in [0.05, 0.1) is 5.69 Å². The van der Waals surface area contributed by atoms with Crippen LogP contribution in [-0.4, -0.2) is 33.2 Å². The number of aliphatic hydroxyl groups is 1. The van der Waals surface area contributed by atoms with Gasteiger partial charge in [0.15, 0.2) is 0 Å². The molecule has 2 heterocycles. The number of anilines is 3. The zero-order chi connectivity index (χ0) is 19.2. The number of nitrogens with zero attached hydrogens (tertiary/aromatic N) is 3. The van der Waals surface area contributed by atoms with Crippen LogP contribution < -0.4 is 10.6 Å². The fourth-order valence-corrected chi connectivity index (χ4v) is 3.46. The van der Waals surface area contributed by atoms with Gasteiger partial charge in [0.2, 0.25) is 5.95 Å². The maximum absolute atomic E-state index is 9.01. The van der Waals surface area contributed by atoms with E-state index in [0.717, 1.165) is 32.5 Å². The molecule has 140 valence electrons. The molecule has 7 heteroatoms. The Bertz CT molecular complexity index is 894. The van der Waals surface area contributed by atoms with Crippen molar-refractivity contribution >= 4 is 33.4 Å². The number of nitrogens with one attached hydrogen (secondary N) is 2. The van der Waals surface area contributed by atoms with Gasteiger partial charge in [0.25, 0.3) is 0 Å². The van der Waals surface area contributed by atoms with E-state index >= 15 is 0 Å². The molecular formula is C20H22BrN5O. The van der Waals surface area contributed by atoms with Crippen molar-refractivity contribution in [2.45, 2.75) is 20.3 Å². The molecule has 2 aromatic heterocycles. The summed E-state index contributed by atoms with van der Waals surface area (Å²) in [7, 11) is 0. The predicted molar refractivity (Wildman–Crippen MR) is 112 cm³/mol. The molecule has 0 aliphatic rings. The number of aromatic nitrogens is 3. The Morgan fingerprint density at radius 3 is 2.41 bits per heavy atom. The molecule has 0 saturated heterocycles. The zero-order valence-electron chi connectivity index (χ0n) is 15.3. The standard InChI is InChI=1S/C20H22BrN5O/c1-13-10-16(21)11-14(2)19(13)25-18-12-17(15-4-7-22-8-5-15)24-20(26-18)23-6-3-9-27/h4-5,7-8,10-12,27H,3,6,9H2,1-2H3,(H2,23,24,25,26). The number of benzene rings is 1. The molecule has 0 radical (unpaired) electrons. The van der Waals surface area contributed by atoms with Gasteiger partial charge in [0.1, 0.15) is 5.82 Å². The summed E-state index contributed by atoms with van der Waals surface area (Å²) in [5, 5.41) is 15.6. The molecule has 3 rings (SSSR count). The lowest BCUT2D eigenvalue weighted by atomic mass is 10.1. The largest absolute Gasteiger partial charge is 0.396 e. The first-order valence-electron chi connectivity index (χ1n) is 8.75. The van der Waals surface area contributed by atoms with Crippen LogP contribution in [-0.2, 0) is 0 Å². The van der Waals surface area contributed by atoms with Crippen molar-refractivity contribution in [2.24, 2.45) is 0 Å². The lowest BCUT2D eigenvalue weighted by Crippen LogP contribution is -2.09. The quantitative estimate of drug-likeness (QED) is 0.482. The van der Waals surface area contributed by atoms with E-state index in [2.05, 4.69) is 67.5 Å². The van der Waals surface area contributed by atoms with Gasteiger partial charge in [-0.3, -0.25) is 4.98 Å². The fraction of sp³-hybridized carbons (Fsp3) is 0.250. The molecule has 3 aromatic rings. The first-order chi connectivity index (χ1) is 13.1. The highest BCUT2D eigenvalue weighted by atomic mass is 79.9. The number of pyridine rings is 1. The van der Waals surface area contributed by atoms with Crippen LogP contribution in [0.5, 0.6) is 0 Å². The summed E-state index contributed by atoms with van der Waals surface area (Å²) >= 11 is 3.53. The second-order valence-corrected chi connectivity index (χ2v) is 7.16. The average Bonchev–Trinajstić information content (AvgIpc) is 2.65. The van der Waals surface area contributed by atoms with Crippen molar-refractivity contribution < 1.29 is 5.11 Å². The highest BCUT2D eigenvalue weighted by Crippen LogP contribution is 2.29. The number of hydrogen-bond acceptors (Lipinski definition) is 6. The van der Waals surface area contributed by atoms with Crippen molar-refractivity contribution in [3.8, 4) is 11.3 Å². The number of aliphatic hydroxyl groups excluding tert-OH is 1. The Kier molecular flexibility index (Phi) is 6.36. The van der Waals surface area contributed by atoms with Crippen LogP contribution in [0.2, 0.25) is 0 Å². The summed E-state index contributed by atoms with van der Waals surface area (Å²) in [4.78, 5) is 13.3. The summed E-state index contributed by atoms with van der Waals surface area (Å²) in [6.07, 6.45) is 4.12. The van der Waals surface area contributed by atoms with Crippen molar-refractivity contribution in [2.75, 3.05) is 23.8 Å². The molecule has 0 spiro atoms. The summed E-state index contributed by atoms with van der Waals surface area (Å²) in [6, 6.07) is 9.90. The average molecular weight is 428 g/mol. The van der Waals surface area contributed by atoms with Crippen molar-refractivity contribution in [1.82, 2.24) is 15.0 Å². The van der Waals surface area contributed by atoms with Gasteiger partial charge >= 0.3 is 0 Å². The molecule has 0 fully saturated rings. The normalized spacial score (nSPS) is 10.7. The number of hydrogen-bond donors (Lipinski definition) is 3. The van der Waals surface area contributed by atoms with E-state index in [1.807, 2.05) is 18.2 Å². The molecule has 3 N–H and O–H groups in total. The molecule has 0 amide bonds. The van der Waals surface area contributed by atoms with Crippen molar-refractivity contribution in [3.63, 3.8) is 0 Å². The van der Waals surface area contributed by atoms with E-state index in [1.165, 1.54) is 0 Å². The first kappa shape index (κ1) is 19.3. The topological polar surface area (TPSA) is 83.0 Å². The van der Waals surface area contributed by atoms with Crippen LogP contribution >= 0.6 is 15.9 Å². The first-order valence-corrected chi connectivity index (χ1v) is 9.54. The predicted octanol–water partition coefficient (Wildman–Crippen LogP) is 4.46. The van der Waals surface area contributed by atoms with Crippen LogP contribution in [0.15, 0.2) is 47.2 Å². The Morgan fingerprint density at radius 2 is 1.74 bits per heavy atom. The fourth-order valence-electron chi connectivity index (χ4n) is 2.78. The Labute approximate surface area is 167 Å². The smallest absolute Gasteiger partial charge is 0.225 e. The molecule has 0 unspecified atom stereocenters. The maximum Gasteiger partial charge on any atom is 0.225 e. The molecule has 0 bridgehead atoms. The highest BCUT2D eigenvalue weighted by molar-refractivity contribution is 9.10. The van der Waals surface area contributed by atoms with Gasteiger partial charge in [-0.2, -0.15) is 4.98 Å². The zero-order valence-corrected chi connectivity index (χ0v) is 16.9. The van der Waals surface area contributed by atoms with Crippen molar-refractivity contribution in [3.05, 3.63) is 58.3 Å². The Morgan fingerprint density at radius 1 is 1.04 bits per heavy atom. The van der Waals surface area contributed by atoms with Gasteiger partial charge in [0, 0.05) is 47.3 Å². The third-order valence-corrected chi connectivity index (χ3v) is 4.53. The third kappa shape index (κ3) is 5.02. The van der Waals surface area contributed by atoms with Crippen LogP contribution in [0.1, 0.15) is 17.5 Å². The molecular weight excluding hydrogens is 406 g/mol. The molecule has 27 heavy (non-hydrogen) atoms. The number of aryl methyl sites for hydroxylation is 2. The van der Waals surface area contributed by atoms with E-state index in [-0.39, 0.29) is 6.61 Å². The van der Waals surface area contributed by atoms with E-state index in [9.17, 15) is 0 Å². The monoisotopic (exact) mass is 427 g/mol. The molecule has 6 nitrogen and oxygen atoms in total. The van der Waals surface area contributed by atoms with Crippen LogP contribution in [0.4, 0.5) is 17.5 Å². The summed E-state index contributed by atoms with van der Waals surface area (Å²) in [5.41, 5.74) is 5.04. The number of halogens is 1. The van der Waals surface area contributed by atoms with Crippen LogP contribution in [0, 0.1) is 13.8 Å². The molecule has 0 atom stereocenters. The summed E-state index contributed by atoms with van der Waals surface area (Å²) in [6.45, 7) is 4.85. The minimum atomic E-state index is 0.124. The number of rotatable bonds is 7. The van der Waals surface area contributed by atoms with E-state index in [1.54, 1.807) is 12.4 Å². The lowest BCUT2D eigenvalue weighted by Gasteiger charge is -2.15. The second kappa shape index (κ2) is 8.92. The lowest BCUT2D eigenvalue weighted by molar-refractivity contribution is 0.292. The van der Waals surface area contributed by atoms with Gasteiger partial charge < -0.3 is 15.7 Å². The third-order valence-electron chi connectivity index (χ3n) is 4.07. The minimum Gasteiger partial charge on any atom is -0.396 e. The maximum atomic E-state index is 9.01. The summed E-state index contributed by atoms with van der Waals surface area (Å²) < 4.78 is 1.05. The van der Waals surface area contributed by atoms with Crippen LogP contribution in [0.25, 0.3) is 11.3 Å². The van der Waals surface area contributed by atoms with E-state index < -0.39 is 0 Å². The van der Waals surface area contributed by atoms with Gasteiger partial charge in [-0.05, 0) is 55.7 Å².